The van der Waals surface area contributed by atoms with E-state index in [0.29, 0.717) is 5.69 Å². The van der Waals surface area contributed by atoms with Crippen LogP contribution in [0.1, 0.15) is 41.4 Å². The molecule has 0 saturated carbocycles. The first-order chi connectivity index (χ1) is 10.4. The molecule has 0 spiro atoms. The molecule has 0 saturated heterocycles. The Kier molecular flexibility index (Phi) is 4.08. The molecule has 6 nitrogen and oxygen atoms in total. The lowest BCUT2D eigenvalue weighted by atomic mass is 10.0. The zero-order chi connectivity index (χ0) is 16.4. The van der Waals surface area contributed by atoms with E-state index in [1.807, 2.05) is 19.9 Å². The number of nitriles is 1. The van der Waals surface area contributed by atoms with E-state index in [-0.39, 0.29) is 28.6 Å². The van der Waals surface area contributed by atoms with E-state index in [2.05, 4.69) is 0 Å². The molecule has 1 aromatic heterocycles. The summed E-state index contributed by atoms with van der Waals surface area (Å²) in [6.45, 7) is 3.90. The van der Waals surface area contributed by atoms with Crippen molar-refractivity contribution in [3.8, 4) is 17.5 Å². The summed E-state index contributed by atoms with van der Waals surface area (Å²) in [6, 6.07) is 6.90. The molecule has 0 bridgehead atoms. The Labute approximate surface area is 128 Å². The van der Waals surface area contributed by atoms with Gasteiger partial charge in [-0.3, -0.25) is 0 Å². The fraction of sp³-hybridized carbons (Fsp3) is 0.250. The molecule has 1 aromatic carbocycles. The number of esters is 1. The van der Waals surface area contributed by atoms with Crippen LogP contribution in [0.15, 0.2) is 24.4 Å². The number of nitrogens with zero attached hydrogens (tertiary/aromatic N) is 2. The Hall–Kier alpha value is -2.94. The summed E-state index contributed by atoms with van der Waals surface area (Å²) in [5.41, 5.74) is 7.59. The number of benzene rings is 1. The van der Waals surface area contributed by atoms with Crippen molar-refractivity contribution < 1.29 is 14.6 Å². The minimum Gasteiger partial charge on any atom is -0.508 e. The molecule has 0 aliphatic rings. The molecule has 0 atom stereocenters. The molecular weight excluding hydrogens is 282 g/mol. The second kappa shape index (κ2) is 5.82. The Morgan fingerprint density at radius 2 is 2.14 bits per heavy atom. The number of aromatic nitrogens is 1. The fourth-order valence-electron chi connectivity index (χ4n) is 2.27. The van der Waals surface area contributed by atoms with E-state index < -0.39 is 5.97 Å². The number of aromatic hydroxyl groups is 1. The van der Waals surface area contributed by atoms with Crippen LogP contribution in [-0.2, 0) is 4.74 Å². The largest absolute Gasteiger partial charge is 0.508 e. The molecule has 1 heterocycles. The fourth-order valence-corrected chi connectivity index (χ4v) is 2.27. The van der Waals surface area contributed by atoms with E-state index in [0.717, 1.165) is 5.56 Å². The lowest BCUT2D eigenvalue weighted by Crippen LogP contribution is -2.11. The van der Waals surface area contributed by atoms with Gasteiger partial charge in [-0.25, -0.2) is 4.79 Å². The van der Waals surface area contributed by atoms with Crippen molar-refractivity contribution in [1.82, 2.24) is 4.57 Å². The predicted molar refractivity (Wildman–Crippen MR) is 82.0 cm³/mol. The molecule has 22 heavy (non-hydrogen) atoms. The van der Waals surface area contributed by atoms with E-state index in [1.165, 1.54) is 17.9 Å². The van der Waals surface area contributed by atoms with Crippen LogP contribution in [0.25, 0.3) is 5.69 Å². The van der Waals surface area contributed by atoms with Crippen LogP contribution < -0.4 is 5.73 Å². The van der Waals surface area contributed by atoms with Gasteiger partial charge in [0, 0.05) is 11.9 Å². The number of ether oxygens (including phenoxy) is 1. The highest BCUT2D eigenvalue weighted by atomic mass is 16.5. The van der Waals surface area contributed by atoms with Crippen LogP contribution in [0.4, 0.5) is 5.69 Å². The maximum absolute atomic E-state index is 12.0. The highest BCUT2D eigenvalue weighted by Gasteiger charge is 2.22. The van der Waals surface area contributed by atoms with Gasteiger partial charge in [-0.05, 0) is 29.7 Å². The maximum Gasteiger partial charge on any atom is 0.357 e. The molecule has 6 heteroatoms. The lowest BCUT2D eigenvalue weighted by molar-refractivity contribution is 0.0593. The summed E-state index contributed by atoms with van der Waals surface area (Å²) >= 11 is 0. The van der Waals surface area contributed by atoms with Crippen molar-refractivity contribution in [2.75, 3.05) is 12.8 Å². The van der Waals surface area contributed by atoms with Crippen molar-refractivity contribution in [3.05, 3.63) is 41.2 Å². The summed E-state index contributed by atoms with van der Waals surface area (Å²) in [5, 5.41) is 19.0. The SMILES string of the molecule is COC(=O)c1c(N)c(C#N)cn1-c1ccc(O)c(C(C)C)c1. The van der Waals surface area contributed by atoms with Crippen molar-refractivity contribution >= 4 is 11.7 Å². The number of methoxy groups -OCH3 is 1. The van der Waals surface area contributed by atoms with Crippen LogP contribution >= 0.6 is 0 Å². The lowest BCUT2D eigenvalue weighted by Gasteiger charge is -2.13. The van der Waals surface area contributed by atoms with E-state index in [9.17, 15) is 9.90 Å². The predicted octanol–water partition coefficient (Wildman–Crippen LogP) is 2.55. The minimum atomic E-state index is -0.627. The van der Waals surface area contributed by atoms with E-state index in [1.54, 1.807) is 18.2 Å². The number of carbonyl (C=O) groups excluding carboxylic acids is 1. The number of phenols is 1. The number of phenolic OH excluding ortho intramolecular Hbond substituents is 1. The van der Waals surface area contributed by atoms with Gasteiger partial charge >= 0.3 is 5.97 Å². The zero-order valence-electron chi connectivity index (χ0n) is 12.6. The topological polar surface area (TPSA) is 101 Å². The molecule has 0 radical (unpaired) electrons. The molecule has 0 unspecified atom stereocenters. The van der Waals surface area contributed by atoms with Crippen LogP contribution in [0.2, 0.25) is 0 Å². The second-order valence-electron chi connectivity index (χ2n) is 5.18. The third kappa shape index (κ3) is 2.49. The second-order valence-corrected chi connectivity index (χ2v) is 5.18. The Morgan fingerprint density at radius 1 is 1.45 bits per heavy atom. The van der Waals surface area contributed by atoms with Gasteiger partial charge in [0.15, 0.2) is 5.69 Å². The number of hydrogen-bond donors (Lipinski definition) is 2. The van der Waals surface area contributed by atoms with Gasteiger partial charge in [-0.15, -0.1) is 0 Å². The van der Waals surface area contributed by atoms with Gasteiger partial charge in [-0.2, -0.15) is 5.26 Å². The number of rotatable bonds is 3. The highest BCUT2D eigenvalue weighted by Crippen LogP contribution is 2.30. The number of nitrogens with two attached hydrogens (primary N) is 1. The molecule has 0 aliphatic carbocycles. The number of carbonyl (C=O) groups is 1. The quantitative estimate of drug-likeness (QED) is 0.848. The van der Waals surface area contributed by atoms with Gasteiger partial charge in [-0.1, -0.05) is 13.8 Å². The first-order valence-corrected chi connectivity index (χ1v) is 6.73. The Bertz CT molecular complexity index is 770. The number of anilines is 1. The smallest absolute Gasteiger partial charge is 0.357 e. The van der Waals surface area contributed by atoms with Gasteiger partial charge in [0.2, 0.25) is 0 Å². The normalized spacial score (nSPS) is 10.5. The van der Waals surface area contributed by atoms with Gasteiger partial charge in [0.05, 0.1) is 18.4 Å². The maximum atomic E-state index is 12.0. The Morgan fingerprint density at radius 3 is 2.68 bits per heavy atom. The summed E-state index contributed by atoms with van der Waals surface area (Å²) < 4.78 is 6.24. The molecule has 0 aliphatic heterocycles. The van der Waals surface area contributed by atoms with Crippen LogP contribution in [0.5, 0.6) is 5.75 Å². The molecule has 114 valence electrons. The van der Waals surface area contributed by atoms with Gasteiger partial charge < -0.3 is 20.1 Å². The monoisotopic (exact) mass is 299 g/mol. The molecule has 2 aromatic rings. The third-order valence-corrected chi connectivity index (χ3v) is 3.45. The number of nitrogen functional groups attached to an aromatic ring is 1. The Balaban J connectivity index is 2.70. The molecular formula is C16H17N3O3. The summed E-state index contributed by atoms with van der Waals surface area (Å²) in [6.07, 6.45) is 1.48. The summed E-state index contributed by atoms with van der Waals surface area (Å²) in [4.78, 5) is 12.0. The third-order valence-electron chi connectivity index (χ3n) is 3.45. The van der Waals surface area contributed by atoms with E-state index in [4.69, 9.17) is 15.7 Å². The van der Waals surface area contributed by atoms with Crippen LogP contribution in [0, 0.1) is 11.3 Å². The molecule has 2 rings (SSSR count). The average molecular weight is 299 g/mol. The molecule has 0 fully saturated rings. The van der Waals surface area contributed by atoms with Gasteiger partial charge in [0.1, 0.15) is 11.8 Å². The summed E-state index contributed by atoms with van der Waals surface area (Å²) in [7, 11) is 1.25. The number of hydrogen-bond acceptors (Lipinski definition) is 5. The van der Waals surface area contributed by atoms with E-state index >= 15 is 0 Å². The first-order valence-electron chi connectivity index (χ1n) is 6.73. The summed E-state index contributed by atoms with van der Waals surface area (Å²) in [5.74, 6) is -0.345. The zero-order valence-corrected chi connectivity index (χ0v) is 12.6. The van der Waals surface area contributed by atoms with Crippen LogP contribution in [0.3, 0.4) is 0 Å². The van der Waals surface area contributed by atoms with Crippen molar-refractivity contribution in [2.24, 2.45) is 0 Å². The minimum absolute atomic E-state index is 0.0773. The highest BCUT2D eigenvalue weighted by molar-refractivity contribution is 5.95. The average Bonchev–Trinajstić information content (AvgIpc) is 2.83. The van der Waals surface area contributed by atoms with Crippen LogP contribution in [-0.4, -0.2) is 22.8 Å². The molecule has 3 N–H and O–H groups in total. The van der Waals surface area contributed by atoms with Crippen molar-refractivity contribution in [3.63, 3.8) is 0 Å². The van der Waals surface area contributed by atoms with Crippen molar-refractivity contribution in [2.45, 2.75) is 19.8 Å². The van der Waals surface area contributed by atoms with Gasteiger partial charge in [0.25, 0.3) is 0 Å². The molecule has 0 amide bonds. The standard InChI is InChI=1S/C16H17N3O3/c1-9(2)12-6-11(4-5-13(12)20)19-8-10(7-17)14(18)15(19)16(21)22-3/h4-6,8-9,20H,18H2,1-3H3. The first kappa shape index (κ1) is 15.4. The van der Waals surface area contributed by atoms with Crippen molar-refractivity contribution in [1.29, 1.82) is 5.26 Å².